The van der Waals surface area contributed by atoms with Gasteiger partial charge >= 0.3 is 0 Å². The predicted molar refractivity (Wildman–Crippen MR) is 75.8 cm³/mol. The van der Waals surface area contributed by atoms with E-state index in [2.05, 4.69) is 15.3 Å². The Morgan fingerprint density at radius 2 is 2.11 bits per heavy atom. The maximum absolute atomic E-state index is 5.59. The summed E-state index contributed by atoms with van der Waals surface area (Å²) in [6.45, 7) is 5.01. The molecular weight excluding hydrogens is 242 g/mol. The third-order valence-electron chi connectivity index (χ3n) is 2.68. The minimum atomic E-state index is 0.561. The lowest BCUT2D eigenvalue weighted by molar-refractivity contribution is 0.537. The van der Waals surface area contributed by atoms with Crippen LogP contribution >= 0.6 is 0 Å². The van der Waals surface area contributed by atoms with E-state index in [4.69, 9.17) is 10.2 Å². The summed E-state index contributed by atoms with van der Waals surface area (Å²) in [6.07, 6.45) is 0. The number of anilines is 3. The number of nitrogens with two attached hydrogens (primary N) is 1. The number of nitrogens with one attached hydrogen (secondary N) is 1. The smallest absolute Gasteiger partial charge is 0.200 e. The van der Waals surface area contributed by atoms with E-state index in [1.54, 1.807) is 0 Å². The van der Waals surface area contributed by atoms with E-state index in [0.29, 0.717) is 18.9 Å². The van der Waals surface area contributed by atoms with Gasteiger partial charge in [-0.3, -0.25) is 4.90 Å². The Bertz CT molecular complexity index is 552. The Hall–Kier alpha value is -2.08. The molecule has 0 amide bonds. The molecule has 2 aromatic heterocycles. The van der Waals surface area contributed by atoms with Gasteiger partial charge in [-0.05, 0) is 19.9 Å². The highest BCUT2D eigenvalue weighted by atomic mass is 16.4. The lowest BCUT2D eigenvalue weighted by Gasteiger charge is -2.16. The van der Waals surface area contributed by atoms with Crippen molar-refractivity contribution in [3.8, 4) is 0 Å². The Morgan fingerprint density at radius 3 is 2.74 bits per heavy atom. The first-order valence-corrected chi connectivity index (χ1v) is 6.20. The molecular formula is C13H19N5O. The van der Waals surface area contributed by atoms with Crippen molar-refractivity contribution in [2.24, 2.45) is 5.73 Å². The summed E-state index contributed by atoms with van der Waals surface area (Å²) in [5.74, 6) is 3.87. The first kappa shape index (κ1) is 13.4. The standard InChI is InChI=1S/C13H19N5O/c1-9-4-5-13(19-9)18(3)12-8-11(15-7-6-14)16-10(2)17-12/h4-5,8H,6-7,14H2,1-3H3,(H,15,16,17). The van der Waals surface area contributed by atoms with Crippen molar-refractivity contribution in [1.82, 2.24) is 9.97 Å². The molecule has 0 aliphatic rings. The molecule has 2 heterocycles. The number of aromatic nitrogens is 2. The molecule has 2 rings (SSSR count). The van der Waals surface area contributed by atoms with Crippen LogP contribution in [0.15, 0.2) is 22.6 Å². The summed E-state index contributed by atoms with van der Waals surface area (Å²) < 4.78 is 5.59. The van der Waals surface area contributed by atoms with Crippen LogP contribution in [0.5, 0.6) is 0 Å². The molecule has 0 spiro atoms. The molecule has 0 fully saturated rings. The zero-order chi connectivity index (χ0) is 13.8. The average Bonchev–Trinajstić information content (AvgIpc) is 2.81. The van der Waals surface area contributed by atoms with Gasteiger partial charge in [-0.1, -0.05) is 0 Å². The van der Waals surface area contributed by atoms with Crippen molar-refractivity contribution in [2.45, 2.75) is 13.8 Å². The number of hydrogen-bond donors (Lipinski definition) is 2. The second kappa shape index (κ2) is 5.71. The van der Waals surface area contributed by atoms with Gasteiger partial charge in [0.25, 0.3) is 0 Å². The van der Waals surface area contributed by atoms with Gasteiger partial charge < -0.3 is 15.5 Å². The third kappa shape index (κ3) is 3.23. The molecule has 0 radical (unpaired) electrons. The monoisotopic (exact) mass is 261 g/mol. The topological polar surface area (TPSA) is 80.2 Å². The molecule has 102 valence electrons. The van der Waals surface area contributed by atoms with Crippen LogP contribution in [0.1, 0.15) is 11.6 Å². The fourth-order valence-corrected chi connectivity index (χ4v) is 1.73. The van der Waals surface area contributed by atoms with Crippen LogP contribution in [0, 0.1) is 13.8 Å². The van der Waals surface area contributed by atoms with Gasteiger partial charge in [0.2, 0.25) is 5.88 Å². The van der Waals surface area contributed by atoms with Crippen LogP contribution in [0.2, 0.25) is 0 Å². The average molecular weight is 261 g/mol. The molecule has 0 saturated heterocycles. The van der Waals surface area contributed by atoms with E-state index in [-0.39, 0.29) is 0 Å². The van der Waals surface area contributed by atoms with Gasteiger partial charge in [0, 0.05) is 32.3 Å². The maximum atomic E-state index is 5.59. The van der Waals surface area contributed by atoms with Gasteiger partial charge in [-0.15, -0.1) is 0 Å². The molecule has 6 nitrogen and oxygen atoms in total. The molecule has 0 bridgehead atoms. The Labute approximate surface area is 112 Å². The van der Waals surface area contributed by atoms with Gasteiger partial charge in [-0.25, -0.2) is 9.97 Å². The quantitative estimate of drug-likeness (QED) is 0.854. The van der Waals surface area contributed by atoms with Crippen LogP contribution in [-0.4, -0.2) is 30.1 Å². The van der Waals surface area contributed by atoms with E-state index in [9.17, 15) is 0 Å². The number of furan rings is 1. The van der Waals surface area contributed by atoms with Crippen LogP contribution in [0.25, 0.3) is 0 Å². The molecule has 6 heteroatoms. The summed E-state index contributed by atoms with van der Waals surface area (Å²) in [5, 5.41) is 3.15. The summed E-state index contributed by atoms with van der Waals surface area (Å²) in [4.78, 5) is 10.6. The highest BCUT2D eigenvalue weighted by Gasteiger charge is 2.11. The number of hydrogen-bond acceptors (Lipinski definition) is 6. The lowest BCUT2D eigenvalue weighted by atomic mass is 10.4. The van der Waals surface area contributed by atoms with E-state index in [1.807, 2.05) is 44.0 Å². The third-order valence-corrected chi connectivity index (χ3v) is 2.68. The Morgan fingerprint density at radius 1 is 1.32 bits per heavy atom. The fourth-order valence-electron chi connectivity index (χ4n) is 1.73. The first-order chi connectivity index (χ1) is 9.10. The lowest BCUT2D eigenvalue weighted by Crippen LogP contribution is -2.16. The van der Waals surface area contributed by atoms with Crippen LogP contribution in [-0.2, 0) is 0 Å². The highest BCUT2D eigenvalue weighted by molar-refractivity contribution is 5.57. The summed E-state index contributed by atoms with van der Waals surface area (Å²) in [6, 6.07) is 5.72. The minimum absolute atomic E-state index is 0.561. The van der Waals surface area contributed by atoms with Crippen LogP contribution in [0.4, 0.5) is 17.5 Å². The van der Waals surface area contributed by atoms with Gasteiger partial charge in [0.05, 0.1) is 0 Å². The van der Waals surface area contributed by atoms with Gasteiger partial charge in [0.15, 0.2) is 0 Å². The van der Waals surface area contributed by atoms with E-state index in [0.717, 1.165) is 23.3 Å². The van der Waals surface area contributed by atoms with Crippen molar-refractivity contribution in [3.05, 3.63) is 29.8 Å². The maximum Gasteiger partial charge on any atom is 0.200 e. The number of nitrogens with zero attached hydrogens (tertiary/aromatic N) is 3. The zero-order valence-corrected chi connectivity index (χ0v) is 11.5. The van der Waals surface area contributed by atoms with Crippen molar-refractivity contribution >= 4 is 17.5 Å². The highest BCUT2D eigenvalue weighted by Crippen LogP contribution is 2.25. The van der Waals surface area contributed by atoms with E-state index >= 15 is 0 Å². The first-order valence-electron chi connectivity index (χ1n) is 6.20. The van der Waals surface area contributed by atoms with E-state index in [1.165, 1.54) is 0 Å². The largest absolute Gasteiger partial charge is 0.445 e. The van der Waals surface area contributed by atoms with Crippen molar-refractivity contribution in [2.75, 3.05) is 30.4 Å². The molecule has 0 aliphatic carbocycles. The molecule has 2 aromatic rings. The normalized spacial score (nSPS) is 10.5. The second-order valence-electron chi connectivity index (χ2n) is 4.32. The summed E-state index contributed by atoms with van der Waals surface area (Å²) in [5.41, 5.74) is 5.47. The van der Waals surface area contributed by atoms with Crippen LogP contribution < -0.4 is 16.0 Å². The van der Waals surface area contributed by atoms with Crippen molar-refractivity contribution in [1.29, 1.82) is 0 Å². The number of rotatable bonds is 5. The Balaban J connectivity index is 2.25. The second-order valence-corrected chi connectivity index (χ2v) is 4.32. The molecule has 19 heavy (non-hydrogen) atoms. The van der Waals surface area contributed by atoms with E-state index < -0.39 is 0 Å². The Kier molecular flexibility index (Phi) is 4.01. The van der Waals surface area contributed by atoms with Crippen LogP contribution in [0.3, 0.4) is 0 Å². The molecule has 0 saturated carbocycles. The molecule has 3 N–H and O–H groups in total. The van der Waals surface area contributed by atoms with Crippen molar-refractivity contribution < 1.29 is 4.42 Å². The summed E-state index contributed by atoms with van der Waals surface area (Å²) >= 11 is 0. The molecule has 0 atom stereocenters. The van der Waals surface area contributed by atoms with Gasteiger partial charge in [0.1, 0.15) is 23.2 Å². The van der Waals surface area contributed by atoms with Gasteiger partial charge in [-0.2, -0.15) is 0 Å². The minimum Gasteiger partial charge on any atom is -0.445 e. The predicted octanol–water partition coefficient (Wildman–Crippen LogP) is 1.82. The SMILES string of the molecule is Cc1nc(NCCN)cc(N(C)c2ccc(C)o2)n1. The summed E-state index contributed by atoms with van der Waals surface area (Å²) in [7, 11) is 1.91. The number of aryl methyl sites for hydroxylation is 2. The molecule has 0 unspecified atom stereocenters. The molecule has 0 aromatic carbocycles. The molecule has 0 aliphatic heterocycles. The fraction of sp³-hybridized carbons (Fsp3) is 0.385. The zero-order valence-electron chi connectivity index (χ0n) is 11.5. The van der Waals surface area contributed by atoms with Crippen molar-refractivity contribution in [3.63, 3.8) is 0 Å².